The molecule has 1 aromatic rings. The average Bonchev–Trinajstić information content (AvgIpc) is 2.50. The Morgan fingerprint density at radius 1 is 1.31 bits per heavy atom. The van der Waals surface area contributed by atoms with Gasteiger partial charge in [0.15, 0.2) is 5.82 Å². The minimum absolute atomic E-state index is 0.329. The van der Waals surface area contributed by atoms with E-state index in [1.165, 1.54) is 19.3 Å². The molecule has 1 aliphatic heterocycles. The first kappa shape index (κ1) is 11.6. The van der Waals surface area contributed by atoms with Crippen molar-refractivity contribution >= 4 is 0 Å². The van der Waals surface area contributed by atoms with Crippen LogP contribution < -0.4 is 5.73 Å². The van der Waals surface area contributed by atoms with Gasteiger partial charge in [-0.05, 0) is 26.2 Å². The third kappa shape index (κ3) is 2.12. The van der Waals surface area contributed by atoms with Crippen LogP contribution in [0, 0.1) is 0 Å². The molecule has 2 heterocycles. The van der Waals surface area contributed by atoms with Gasteiger partial charge in [-0.3, -0.25) is 0 Å². The van der Waals surface area contributed by atoms with Gasteiger partial charge in [0.1, 0.15) is 5.82 Å². The van der Waals surface area contributed by atoms with Crippen molar-refractivity contribution in [2.45, 2.75) is 64.5 Å². The van der Waals surface area contributed by atoms with Crippen LogP contribution in [0.5, 0.6) is 0 Å². The highest BCUT2D eigenvalue weighted by Gasteiger charge is 2.28. The molecule has 0 spiro atoms. The molecular weight excluding hydrogens is 200 g/mol. The Hall–Kier alpha value is -0.900. The lowest BCUT2D eigenvalue weighted by Crippen LogP contribution is -2.36. The lowest BCUT2D eigenvalue weighted by Gasteiger charge is -2.23. The van der Waals surface area contributed by atoms with Crippen LogP contribution in [0.2, 0.25) is 0 Å². The lowest BCUT2D eigenvalue weighted by atomic mass is 9.96. The van der Waals surface area contributed by atoms with E-state index in [2.05, 4.69) is 28.6 Å². The maximum Gasteiger partial charge on any atom is 0.152 e. The van der Waals surface area contributed by atoms with Crippen LogP contribution in [-0.2, 0) is 18.5 Å². The molecule has 0 amide bonds. The van der Waals surface area contributed by atoms with Gasteiger partial charge in [0.25, 0.3) is 0 Å². The Kier molecular flexibility index (Phi) is 3.28. The van der Waals surface area contributed by atoms with Gasteiger partial charge in [-0.1, -0.05) is 19.8 Å². The number of hydrogen-bond acceptors (Lipinski definition) is 3. The zero-order valence-electron chi connectivity index (χ0n) is 10.4. The van der Waals surface area contributed by atoms with Crippen LogP contribution in [0.4, 0.5) is 0 Å². The summed E-state index contributed by atoms with van der Waals surface area (Å²) in [7, 11) is 0. The van der Waals surface area contributed by atoms with E-state index in [-0.39, 0.29) is 5.54 Å². The number of nitrogens with two attached hydrogens (primary N) is 1. The number of nitrogens with zero attached hydrogens (tertiary/aromatic N) is 3. The molecule has 1 unspecified atom stereocenters. The van der Waals surface area contributed by atoms with Crippen LogP contribution in [0.25, 0.3) is 0 Å². The summed E-state index contributed by atoms with van der Waals surface area (Å²) in [5.41, 5.74) is 6.02. The maximum absolute atomic E-state index is 6.34. The molecule has 0 saturated heterocycles. The first-order valence-corrected chi connectivity index (χ1v) is 6.36. The SMILES string of the molecule is CCCC(C)(N)c1nnc2n1CCCCC2. The van der Waals surface area contributed by atoms with Gasteiger partial charge in [0.2, 0.25) is 0 Å². The van der Waals surface area contributed by atoms with E-state index in [0.29, 0.717) is 0 Å². The molecule has 1 aliphatic rings. The predicted octanol–water partition coefficient (Wildman–Crippen LogP) is 1.98. The van der Waals surface area contributed by atoms with E-state index in [1.54, 1.807) is 0 Å². The first-order chi connectivity index (χ1) is 7.65. The van der Waals surface area contributed by atoms with E-state index in [1.807, 2.05) is 0 Å². The number of aryl methyl sites for hydroxylation is 1. The average molecular weight is 222 g/mol. The van der Waals surface area contributed by atoms with Crippen molar-refractivity contribution in [3.63, 3.8) is 0 Å². The Morgan fingerprint density at radius 2 is 2.12 bits per heavy atom. The number of rotatable bonds is 3. The number of aromatic nitrogens is 3. The summed E-state index contributed by atoms with van der Waals surface area (Å²) in [6.07, 6.45) is 6.83. The van der Waals surface area contributed by atoms with Gasteiger partial charge >= 0.3 is 0 Å². The molecule has 1 atom stereocenters. The van der Waals surface area contributed by atoms with Crippen molar-refractivity contribution < 1.29 is 0 Å². The third-order valence-corrected chi connectivity index (χ3v) is 3.39. The van der Waals surface area contributed by atoms with Crippen LogP contribution in [-0.4, -0.2) is 14.8 Å². The van der Waals surface area contributed by atoms with Gasteiger partial charge in [-0.15, -0.1) is 10.2 Å². The summed E-state index contributed by atoms with van der Waals surface area (Å²) in [6, 6.07) is 0. The highest BCUT2D eigenvalue weighted by Crippen LogP contribution is 2.24. The molecule has 0 saturated carbocycles. The van der Waals surface area contributed by atoms with Gasteiger partial charge in [-0.2, -0.15) is 0 Å². The summed E-state index contributed by atoms with van der Waals surface area (Å²) >= 11 is 0. The Labute approximate surface area is 97.2 Å². The standard InChI is InChI=1S/C12H22N4/c1-3-8-12(2,13)11-15-14-10-7-5-4-6-9-16(10)11/h3-9,13H2,1-2H3. The normalized spacial score (nSPS) is 19.9. The summed E-state index contributed by atoms with van der Waals surface area (Å²) < 4.78 is 2.25. The molecule has 4 heteroatoms. The Morgan fingerprint density at radius 3 is 2.88 bits per heavy atom. The van der Waals surface area contributed by atoms with E-state index in [0.717, 1.165) is 37.5 Å². The van der Waals surface area contributed by atoms with Gasteiger partial charge in [-0.25, -0.2) is 0 Å². The fourth-order valence-corrected chi connectivity index (χ4v) is 2.54. The van der Waals surface area contributed by atoms with Crippen LogP contribution in [0.1, 0.15) is 57.6 Å². The first-order valence-electron chi connectivity index (χ1n) is 6.36. The monoisotopic (exact) mass is 222 g/mol. The van der Waals surface area contributed by atoms with Gasteiger partial charge < -0.3 is 10.3 Å². The smallest absolute Gasteiger partial charge is 0.152 e. The highest BCUT2D eigenvalue weighted by atomic mass is 15.3. The quantitative estimate of drug-likeness (QED) is 0.850. The highest BCUT2D eigenvalue weighted by molar-refractivity contribution is 5.08. The van der Waals surface area contributed by atoms with E-state index in [4.69, 9.17) is 5.73 Å². The number of hydrogen-bond donors (Lipinski definition) is 1. The zero-order chi connectivity index (χ0) is 11.6. The second kappa shape index (κ2) is 4.53. The Bertz CT molecular complexity index is 354. The summed E-state index contributed by atoms with van der Waals surface area (Å²) in [5, 5.41) is 8.62. The molecule has 0 fully saturated rings. The van der Waals surface area contributed by atoms with Gasteiger partial charge in [0, 0.05) is 13.0 Å². The van der Waals surface area contributed by atoms with Crippen LogP contribution >= 0.6 is 0 Å². The lowest BCUT2D eigenvalue weighted by molar-refractivity contribution is 0.394. The molecule has 2 N–H and O–H groups in total. The fraction of sp³-hybridized carbons (Fsp3) is 0.833. The van der Waals surface area contributed by atoms with Crippen molar-refractivity contribution in [3.8, 4) is 0 Å². The minimum atomic E-state index is -0.329. The van der Waals surface area contributed by atoms with Crippen molar-refractivity contribution in [2.24, 2.45) is 5.73 Å². The van der Waals surface area contributed by atoms with Crippen molar-refractivity contribution in [3.05, 3.63) is 11.6 Å². The molecule has 2 rings (SSSR count). The molecule has 1 aromatic heterocycles. The molecule has 0 aromatic carbocycles. The molecule has 0 aliphatic carbocycles. The van der Waals surface area contributed by atoms with E-state index in [9.17, 15) is 0 Å². The summed E-state index contributed by atoms with van der Waals surface area (Å²) in [5.74, 6) is 2.10. The summed E-state index contributed by atoms with van der Waals surface area (Å²) in [6.45, 7) is 5.26. The van der Waals surface area contributed by atoms with Crippen LogP contribution in [0.15, 0.2) is 0 Å². The minimum Gasteiger partial charge on any atom is -0.319 e. The molecule has 16 heavy (non-hydrogen) atoms. The van der Waals surface area contributed by atoms with Gasteiger partial charge in [0.05, 0.1) is 5.54 Å². The predicted molar refractivity (Wildman–Crippen MR) is 64.0 cm³/mol. The van der Waals surface area contributed by atoms with Crippen LogP contribution in [0.3, 0.4) is 0 Å². The zero-order valence-corrected chi connectivity index (χ0v) is 10.4. The fourth-order valence-electron chi connectivity index (χ4n) is 2.54. The number of fused-ring (bicyclic) bond motifs is 1. The summed E-state index contributed by atoms with van der Waals surface area (Å²) in [4.78, 5) is 0. The van der Waals surface area contributed by atoms with Crippen molar-refractivity contribution in [2.75, 3.05) is 0 Å². The molecule has 0 radical (unpaired) electrons. The van der Waals surface area contributed by atoms with E-state index < -0.39 is 0 Å². The molecular formula is C12H22N4. The second-order valence-electron chi connectivity index (χ2n) is 5.07. The third-order valence-electron chi connectivity index (χ3n) is 3.39. The Balaban J connectivity index is 2.31. The molecule has 90 valence electrons. The van der Waals surface area contributed by atoms with Crippen molar-refractivity contribution in [1.29, 1.82) is 0 Å². The van der Waals surface area contributed by atoms with E-state index >= 15 is 0 Å². The maximum atomic E-state index is 6.34. The van der Waals surface area contributed by atoms with Crippen molar-refractivity contribution in [1.82, 2.24) is 14.8 Å². The second-order valence-corrected chi connectivity index (χ2v) is 5.07. The molecule has 0 bridgehead atoms. The largest absolute Gasteiger partial charge is 0.319 e. The topological polar surface area (TPSA) is 56.7 Å². The molecule has 4 nitrogen and oxygen atoms in total.